The van der Waals surface area contributed by atoms with Gasteiger partial charge in [0.25, 0.3) is 5.91 Å². The van der Waals surface area contributed by atoms with Crippen LogP contribution < -0.4 is 10.6 Å². The number of likely N-dealkylation sites (N-methyl/N-ethyl adjacent to an activating group) is 1. The molecule has 2 heterocycles. The summed E-state index contributed by atoms with van der Waals surface area (Å²) in [6.45, 7) is 1.93. The Bertz CT molecular complexity index is 1020. The number of benzene rings is 2. The fourth-order valence-electron chi connectivity index (χ4n) is 3.49. The molecular weight excluding hydrogens is 344 g/mol. The van der Waals surface area contributed by atoms with Gasteiger partial charge in [-0.2, -0.15) is 0 Å². The molecule has 0 spiro atoms. The highest BCUT2D eigenvalue weighted by atomic mass is 32.2. The minimum Gasteiger partial charge on any atom is -0.355 e. The number of anilines is 1. The number of hydrogen-bond donors (Lipinski definition) is 2. The number of para-hydroxylation sites is 2. The van der Waals surface area contributed by atoms with Gasteiger partial charge in [-0.05, 0) is 43.0 Å². The van der Waals surface area contributed by atoms with E-state index in [9.17, 15) is 4.79 Å². The molecule has 0 unspecified atom stereocenters. The number of nitrogens with zero attached hydrogens (tertiary/aromatic N) is 2. The number of nitrogens with one attached hydrogen (secondary N) is 2. The minimum absolute atomic E-state index is 0.0858. The number of fused-ring (bicyclic) bond motifs is 3. The lowest BCUT2D eigenvalue weighted by Gasteiger charge is -2.30. The lowest BCUT2D eigenvalue weighted by Crippen LogP contribution is -2.33. The first kappa shape index (κ1) is 16.7. The predicted molar refractivity (Wildman–Crippen MR) is 106 cm³/mol. The average molecular weight is 364 g/mol. The zero-order valence-electron chi connectivity index (χ0n) is 14.9. The molecule has 3 aromatic rings. The van der Waals surface area contributed by atoms with Crippen LogP contribution in [0.1, 0.15) is 18.5 Å². The van der Waals surface area contributed by atoms with E-state index in [4.69, 9.17) is 4.98 Å². The normalized spacial score (nSPS) is 16.3. The lowest BCUT2D eigenvalue weighted by molar-refractivity contribution is -0.117. The Hall–Kier alpha value is -2.73. The summed E-state index contributed by atoms with van der Waals surface area (Å²) in [6, 6.07) is 16.2. The topological polar surface area (TPSA) is 59.0 Å². The maximum atomic E-state index is 12.7. The summed E-state index contributed by atoms with van der Waals surface area (Å²) in [5.41, 5.74) is 4.51. The van der Waals surface area contributed by atoms with Gasteiger partial charge in [0.05, 0.1) is 22.6 Å². The fraction of sp³-hybridized carbons (Fsp3) is 0.200. The lowest BCUT2D eigenvalue weighted by atomic mass is 9.94. The predicted octanol–water partition coefficient (Wildman–Crippen LogP) is 3.79. The van der Waals surface area contributed by atoms with Gasteiger partial charge in [-0.1, -0.05) is 24.3 Å². The van der Waals surface area contributed by atoms with Crippen molar-refractivity contribution in [1.82, 2.24) is 14.9 Å². The summed E-state index contributed by atoms with van der Waals surface area (Å²) in [7, 11) is 1.66. The van der Waals surface area contributed by atoms with E-state index in [2.05, 4.69) is 45.7 Å². The van der Waals surface area contributed by atoms with Crippen molar-refractivity contribution >= 4 is 34.7 Å². The van der Waals surface area contributed by atoms with Gasteiger partial charge in [0.1, 0.15) is 0 Å². The third-order valence-electron chi connectivity index (χ3n) is 4.73. The first-order valence-corrected chi connectivity index (χ1v) is 9.67. The Morgan fingerprint density at radius 1 is 1.19 bits per heavy atom. The summed E-state index contributed by atoms with van der Waals surface area (Å²) in [5, 5.41) is 6.09. The molecular formula is C20H20N4OS. The third kappa shape index (κ3) is 2.57. The molecule has 26 heavy (non-hydrogen) atoms. The van der Waals surface area contributed by atoms with E-state index < -0.39 is 0 Å². The van der Waals surface area contributed by atoms with Crippen LogP contribution in [0.3, 0.4) is 0 Å². The molecule has 2 aromatic carbocycles. The maximum Gasteiger partial charge on any atom is 0.251 e. The van der Waals surface area contributed by atoms with E-state index in [0.717, 1.165) is 28.2 Å². The van der Waals surface area contributed by atoms with E-state index in [1.807, 2.05) is 31.2 Å². The number of imidazole rings is 1. The monoisotopic (exact) mass is 364 g/mol. The smallest absolute Gasteiger partial charge is 0.251 e. The molecule has 0 aliphatic carbocycles. The minimum atomic E-state index is -0.227. The molecule has 2 N–H and O–H groups in total. The molecule has 132 valence electrons. The highest BCUT2D eigenvalue weighted by Gasteiger charge is 2.33. The molecule has 5 nitrogen and oxygen atoms in total. The van der Waals surface area contributed by atoms with Crippen LogP contribution in [-0.4, -0.2) is 28.8 Å². The van der Waals surface area contributed by atoms with Crippen molar-refractivity contribution in [2.45, 2.75) is 17.9 Å². The van der Waals surface area contributed by atoms with E-state index in [-0.39, 0.29) is 11.9 Å². The van der Waals surface area contributed by atoms with Crippen molar-refractivity contribution in [1.29, 1.82) is 0 Å². The number of amides is 1. The molecule has 6 heteroatoms. The first-order chi connectivity index (χ1) is 12.6. The standard InChI is InChI=1S/C20H20N4OS/c1-12-17(19(25)21-2)18(13-8-10-14(26-3)11-9-13)24-16-7-5-4-6-15(16)23-20(24)22-12/h4-11,18H,1-3H3,(H,21,25)(H,22,23)/t18-/m0/s1. The van der Waals surface area contributed by atoms with Gasteiger partial charge in [0, 0.05) is 17.6 Å². The van der Waals surface area contributed by atoms with Gasteiger partial charge >= 0.3 is 0 Å². The Morgan fingerprint density at radius 3 is 2.62 bits per heavy atom. The highest BCUT2D eigenvalue weighted by Crippen LogP contribution is 2.39. The van der Waals surface area contributed by atoms with Gasteiger partial charge in [-0.15, -0.1) is 11.8 Å². The Balaban J connectivity index is 1.97. The van der Waals surface area contributed by atoms with E-state index >= 15 is 0 Å². The van der Waals surface area contributed by atoms with Gasteiger partial charge < -0.3 is 10.6 Å². The van der Waals surface area contributed by atoms with Crippen molar-refractivity contribution in [2.75, 3.05) is 18.6 Å². The zero-order valence-corrected chi connectivity index (χ0v) is 15.7. The number of hydrogen-bond acceptors (Lipinski definition) is 4. The second kappa shape index (κ2) is 6.53. The maximum absolute atomic E-state index is 12.7. The molecule has 4 rings (SSSR count). The number of carbonyl (C=O) groups excluding carboxylic acids is 1. The second-order valence-corrected chi connectivity index (χ2v) is 7.09. The number of rotatable bonds is 3. The fourth-order valence-corrected chi connectivity index (χ4v) is 3.90. The molecule has 1 aromatic heterocycles. The summed E-state index contributed by atoms with van der Waals surface area (Å²) < 4.78 is 2.11. The quantitative estimate of drug-likeness (QED) is 0.694. The third-order valence-corrected chi connectivity index (χ3v) is 5.48. The van der Waals surface area contributed by atoms with Crippen molar-refractivity contribution in [2.24, 2.45) is 0 Å². The molecule has 0 fully saturated rings. The van der Waals surface area contributed by atoms with E-state index in [1.54, 1.807) is 18.8 Å². The van der Waals surface area contributed by atoms with Crippen LogP contribution in [0.25, 0.3) is 11.0 Å². The molecule has 1 amide bonds. The zero-order chi connectivity index (χ0) is 18.3. The van der Waals surface area contributed by atoms with Gasteiger partial charge in [-0.25, -0.2) is 4.98 Å². The van der Waals surface area contributed by atoms with Crippen LogP contribution in [0.2, 0.25) is 0 Å². The second-order valence-electron chi connectivity index (χ2n) is 6.21. The molecule has 1 aliphatic rings. The Labute approximate surface area is 156 Å². The van der Waals surface area contributed by atoms with Crippen molar-refractivity contribution in [3.05, 3.63) is 65.4 Å². The van der Waals surface area contributed by atoms with Crippen LogP contribution in [0.15, 0.2) is 64.7 Å². The largest absolute Gasteiger partial charge is 0.355 e. The molecule has 1 atom stereocenters. The summed E-state index contributed by atoms with van der Waals surface area (Å²) in [5.74, 6) is 0.674. The van der Waals surface area contributed by atoms with Gasteiger partial charge in [0.15, 0.2) is 0 Å². The van der Waals surface area contributed by atoms with Crippen molar-refractivity contribution in [3.63, 3.8) is 0 Å². The van der Waals surface area contributed by atoms with Crippen LogP contribution in [0.4, 0.5) is 5.95 Å². The first-order valence-electron chi connectivity index (χ1n) is 8.45. The summed E-state index contributed by atoms with van der Waals surface area (Å²) >= 11 is 1.70. The average Bonchev–Trinajstić information content (AvgIpc) is 3.04. The summed E-state index contributed by atoms with van der Waals surface area (Å²) in [6.07, 6.45) is 2.06. The van der Waals surface area contributed by atoms with E-state index in [1.165, 1.54) is 4.90 Å². The van der Waals surface area contributed by atoms with Crippen LogP contribution >= 0.6 is 11.8 Å². The van der Waals surface area contributed by atoms with Crippen molar-refractivity contribution < 1.29 is 4.79 Å². The highest BCUT2D eigenvalue weighted by molar-refractivity contribution is 7.98. The van der Waals surface area contributed by atoms with E-state index in [0.29, 0.717) is 5.57 Å². The van der Waals surface area contributed by atoms with Crippen LogP contribution in [0, 0.1) is 0 Å². The number of allylic oxidation sites excluding steroid dienone is 1. The number of thioether (sulfide) groups is 1. The number of carbonyl (C=O) groups is 1. The Kier molecular flexibility index (Phi) is 4.20. The SMILES string of the molecule is CNC(=O)C1=C(C)Nc2nc3ccccc3n2[C@H]1c1ccc(SC)cc1. The van der Waals surface area contributed by atoms with Crippen molar-refractivity contribution in [3.8, 4) is 0 Å². The van der Waals surface area contributed by atoms with Gasteiger partial charge in [0.2, 0.25) is 5.95 Å². The molecule has 0 bridgehead atoms. The molecule has 1 aliphatic heterocycles. The number of aromatic nitrogens is 2. The molecule has 0 saturated carbocycles. The molecule has 0 saturated heterocycles. The molecule has 0 radical (unpaired) electrons. The van der Waals surface area contributed by atoms with Crippen LogP contribution in [0.5, 0.6) is 0 Å². The van der Waals surface area contributed by atoms with Crippen LogP contribution in [-0.2, 0) is 4.79 Å². The van der Waals surface area contributed by atoms with Gasteiger partial charge in [-0.3, -0.25) is 9.36 Å². The summed E-state index contributed by atoms with van der Waals surface area (Å²) in [4.78, 5) is 18.6. The Morgan fingerprint density at radius 2 is 1.92 bits per heavy atom.